The van der Waals surface area contributed by atoms with Crippen LogP contribution in [0.2, 0.25) is 5.02 Å². The number of carbonyl (C=O) groups is 3. The number of hydrogen-bond acceptors (Lipinski definition) is 5. The Bertz CT molecular complexity index is 899. The zero-order chi connectivity index (χ0) is 22.4. The van der Waals surface area contributed by atoms with Gasteiger partial charge in [0.05, 0.1) is 6.04 Å². The van der Waals surface area contributed by atoms with Crippen LogP contribution in [0.3, 0.4) is 0 Å². The highest BCUT2D eigenvalue weighted by atomic mass is 35.5. The Balaban J connectivity index is 1.59. The zero-order valence-corrected chi connectivity index (χ0v) is 19.2. The number of ether oxygens (including phenoxy) is 1. The lowest BCUT2D eigenvalue weighted by Crippen LogP contribution is -2.44. The number of carbonyl (C=O) groups excluding carboxylic acids is 3. The summed E-state index contributed by atoms with van der Waals surface area (Å²) in [5.74, 6) is -1.05. The second kappa shape index (κ2) is 10.8. The van der Waals surface area contributed by atoms with Crippen LogP contribution in [0.15, 0.2) is 41.8 Å². The predicted octanol–water partition coefficient (Wildman–Crippen LogP) is 4.45. The first-order chi connectivity index (χ1) is 14.8. The molecule has 1 N–H and O–H groups in total. The molecule has 1 aromatic carbocycles. The summed E-state index contributed by atoms with van der Waals surface area (Å²) in [6.07, 6.45) is 2.25. The molecule has 2 unspecified atom stereocenters. The van der Waals surface area contributed by atoms with Gasteiger partial charge in [-0.3, -0.25) is 9.59 Å². The third-order valence-electron chi connectivity index (χ3n) is 5.19. The van der Waals surface area contributed by atoms with Gasteiger partial charge in [0.2, 0.25) is 0 Å². The topological polar surface area (TPSA) is 75.7 Å². The van der Waals surface area contributed by atoms with Gasteiger partial charge in [-0.1, -0.05) is 31.5 Å². The lowest BCUT2D eigenvalue weighted by molar-refractivity contribution is -0.154. The predicted molar refractivity (Wildman–Crippen MR) is 121 cm³/mol. The number of halogens is 1. The fourth-order valence-electron chi connectivity index (χ4n) is 3.69. The highest BCUT2D eigenvalue weighted by Gasteiger charge is 2.32. The summed E-state index contributed by atoms with van der Waals surface area (Å²) in [5.41, 5.74) is 0.401. The van der Waals surface area contributed by atoms with Gasteiger partial charge in [-0.15, -0.1) is 11.3 Å². The summed E-state index contributed by atoms with van der Waals surface area (Å²) < 4.78 is 5.34. The molecule has 1 saturated heterocycles. The Kier molecular flexibility index (Phi) is 8.09. The van der Waals surface area contributed by atoms with Crippen molar-refractivity contribution in [1.29, 1.82) is 0 Å². The molecule has 0 spiro atoms. The van der Waals surface area contributed by atoms with Crippen molar-refractivity contribution in [3.8, 4) is 0 Å². The Hall–Kier alpha value is -2.38. The van der Waals surface area contributed by atoms with Crippen molar-refractivity contribution in [2.75, 3.05) is 13.2 Å². The van der Waals surface area contributed by atoms with Crippen LogP contribution >= 0.6 is 22.9 Å². The summed E-state index contributed by atoms with van der Waals surface area (Å²) in [4.78, 5) is 40.9. The van der Waals surface area contributed by atoms with Gasteiger partial charge in [0.15, 0.2) is 6.61 Å². The highest BCUT2D eigenvalue weighted by Crippen LogP contribution is 2.34. The summed E-state index contributed by atoms with van der Waals surface area (Å²) in [6, 6.07) is 9.63. The maximum absolute atomic E-state index is 12.7. The summed E-state index contributed by atoms with van der Waals surface area (Å²) in [6.45, 7) is 4.24. The van der Waals surface area contributed by atoms with Gasteiger partial charge in [-0.25, -0.2) is 4.79 Å². The Morgan fingerprint density at radius 1 is 1.23 bits per heavy atom. The van der Waals surface area contributed by atoms with Gasteiger partial charge in [-0.05, 0) is 60.9 Å². The van der Waals surface area contributed by atoms with Gasteiger partial charge in [0.25, 0.3) is 11.8 Å². The molecule has 2 heterocycles. The number of esters is 1. The maximum atomic E-state index is 12.7. The number of likely N-dealkylation sites (tertiary alicyclic amines) is 1. The lowest BCUT2D eigenvalue weighted by Gasteiger charge is -2.24. The molecular formula is C23H27ClN2O4S. The third kappa shape index (κ3) is 6.31. The first kappa shape index (κ1) is 23.3. The lowest BCUT2D eigenvalue weighted by atomic mass is 10.0. The van der Waals surface area contributed by atoms with E-state index < -0.39 is 12.0 Å². The molecule has 0 radical (unpaired) electrons. The van der Waals surface area contributed by atoms with E-state index in [1.807, 2.05) is 31.4 Å². The normalized spacial score (nSPS) is 16.9. The first-order valence-electron chi connectivity index (χ1n) is 10.4. The van der Waals surface area contributed by atoms with Crippen LogP contribution in [0.4, 0.5) is 0 Å². The second-order valence-electron chi connectivity index (χ2n) is 8.03. The van der Waals surface area contributed by atoms with E-state index in [-0.39, 0.29) is 30.4 Å². The molecule has 0 bridgehead atoms. The Labute approximate surface area is 191 Å². The van der Waals surface area contributed by atoms with E-state index in [1.54, 1.807) is 40.5 Å². The molecule has 6 nitrogen and oxygen atoms in total. The van der Waals surface area contributed by atoms with Crippen molar-refractivity contribution in [3.63, 3.8) is 0 Å². The molecule has 1 fully saturated rings. The molecule has 3 rings (SSSR count). The number of nitrogens with one attached hydrogen (secondary N) is 1. The zero-order valence-electron chi connectivity index (χ0n) is 17.7. The molecule has 2 aromatic rings. The average Bonchev–Trinajstić information content (AvgIpc) is 3.42. The maximum Gasteiger partial charge on any atom is 0.329 e. The van der Waals surface area contributed by atoms with Gasteiger partial charge in [0.1, 0.15) is 6.04 Å². The molecular weight excluding hydrogens is 436 g/mol. The monoisotopic (exact) mass is 462 g/mol. The molecule has 2 atom stereocenters. The smallest absolute Gasteiger partial charge is 0.329 e. The molecule has 166 valence electrons. The molecule has 31 heavy (non-hydrogen) atoms. The minimum Gasteiger partial charge on any atom is -0.454 e. The van der Waals surface area contributed by atoms with E-state index in [4.69, 9.17) is 16.3 Å². The fourth-order valence-corrected chi connectivity index (χ4v) is 4.69. The summed E-state index contributed by atoms with van der Waals surface area (Å²) >= 11 is 7.49. The molecule has 2 amide bonds. The van der Waals surface area contributed by atoms with E-state index in [0.29, 0.717) is 23.6 Å². The Morgan fingerprint density at radius 3 is 2.61 bits per heavy atom. The van der Waals surface area contributed by atoms with Crippen molar-refractivity contribution < 1.29 is 19.1 Å². The van der Waals surface area contributed by atoms with Crippen LogP contribution in [0.25, 0.3) is 0 Å². The molecule has 1 aromatic heterocycles. The van der Waals surface area contributed by atoms with Crippen molar-refractivity contribution in [1.82, 2.24) is 10.2 Å². The first-order valence-corrected chi connectivity index (χ1v) is 11.7. The number of benzene rings is 1. The molecule has 1 aliphatic rings. The third-order valence-corrected chi connectivity index (χ3v) is 6.41. The highest BCUT2D eigenvalue weighted by molar-refractivity contribution is 7.10. The summed E-state index contributed by atoms with van der Waals surface area (Å²) in [5, 5.41) is 5.25. The van der Waals surface area contributed by atoms with Crippen LogP contribution in [-0.4, -0.2) is 41.9 Å². The van der Waals surface area contributed by atoms with Gasteiger partial charge < -0.3 is 15.0 Å². The minimum atomic E-state index is -0.831. The Morgan fingerprint density at radius 2 is 1.97 bits per heavy atom. The van der Waals surface area contributed by atoms with Gasteiger partial charge >= 0.3 is 5.97 Å². The minimum absolute atomic E-state index is 0.0438. The van der Waals surface area contributed by atoms with Crippen molar-refractivity contribution in [2.45, 2.75) is 45.2 Å². The molecule has 0 aliphatic carbocycles. The van der Waals surface area contributed by atoms with Crippen LogP contribution in [0, 0.1) is 5.92 Å². The number of thiophene rings is 1. The molecule has 8 heteroatoms. The average molecular weight is 463 g/mol. The fraction of sp³-hybridized carbons (Fsp3) is 0.435. The summed E-state index contributed by atoms with van der Waals surface area (Å²) in [7, 11) is 0. The van der Waals surface area contributed by atoms with E-state index in [9.17, 15) is 14.4 Å². The number of nitrogens with zero attached hydrogens (tertiary/aromatic N) is 1. The van der Waals surface area contributed by atoms with Crippen LogP contribution in [0.1, 0.15) is 54.4 Å². The van der Waals surface area contributed by atoms with E-state index >= 15 is 0 Å². The van der Waals surface area contributed by atoms with Gasteiger partial charge in [-0.2, -0.15) is 0 Å². The van der Waals surface area contributed by atoms with E-state index in [2.05, 4.69) is 5.32 Å². The van der Waals surface area contributed by atoms with Crippen LogP contribution < -0.4 is 5.32 Å². The SMILES string of the molecule is CC(C)CC(NC(=O)c1ccc(Cl)cc1)C(=O)OCC(=O)N1CCCC1c1cccs1. The standard InChI is InChI=1S/C23H27ClN2O4S/c1-15(2)13-18(25-22(28)16-7-9-17(24)10-8-16)23(29)30-14-21(27)26-11-3-5-19(26)20-6-4-12-31-20/h4,6-10,12,15,18-19H,3,5,11,13-14H2,1-2H3,(H,25,28). The van der Waals surface area contributed by atoms with E-state index in [0.717, 1.165) is 17.7 Å². The van der Waals surface area contributed by atoms with Crippen molar-refractivity contribution in [2.24, 2.45) is 5.92 Å². The number of hydrogen-bond donors (Lipinski definition) is 1. The van der Waals surface area contributed by atoms with Crippen molar-refractivity contribution in [3.05, 3.63) is 57.2 Å². The number of amides is 2. The molecule has 1 aliphatic heterocycles. The largest absolute Gasteiger partial charge is 0.454 e. The number of rotatable bonds is 8. The van der Waals surface area contributed by atoms with Crippen LogP contribution in [0.5, 0.6) is 0 Å². The quantitative estimate of drug-likeness (QED) is 0.588. The molecule has 0 saturated carbocycles. The van der Waals surface area contributed by atoms with Crippen molar-refractivity contribution >= 4 is 40.7 Å². The van der Waals surface area contributed by atoms with Gasteiger partial charge in [0, 0.05) is 22.0 Å². The van der Waals surface area contributed by atoms with Crippen LogP contribution in [-0.2, 0) is 14.3 Å². The second-order valence-corrected chi connectivity index (χ2v) is 9.45. The van der Waals surface area contributed by atoms with E-state index in [1.165, 1.54) is 0 Å².